The molecule has 1 aliphatic rings. The highest BCUT2D eigenvalue weighted by Gasteiger charge is 2.18. The molecular formula is C17H26ClN. The third-order valence-corrected chi connectivity index (χ3v) is 4.59. The van der Waals surface area contributed by atoms with Gasteiger partial charge in [-0.3, -0.25) is 4.90 Å². The number of hydrogen-bond donors (Lipinski definition) is 0. The van der Waals surface area contributed by atoms with Crippen LogP contribution in [0, 0.1) is 5.92 Å². The predicted molar refractivity (Wildman–Crippen MR) is 83.9 cm³/mol. The Hall–Kier alpha value is -0.530. The fraction of sp³-hybridized carbons (Fsp3) is 0.647. The summed E-state index contributed by atoms with van der Waals surface area (Å²) in [5.41, 5.74) is 3.09. The second kappa shape index (κ2) is 6.28. The van der Waals surface area contributed by atoms with Crippen LogP contribution in [0.2, 0.25) is 0 Å². The number of alkyl halides is 1. The van der Waals surface area contributed by atoms with Crippen molar-refractivity contribution in [2.75, 3.05) is 19.0 Å². The van der Waals surface area contributed by atoms with Crippen molar-refractivity contribution in [3.8, 4) is 0 Å². The van der Waals surface area contributed by atoms with Crippen molar-refractivity contribution >= 4 is 11.6 Å². The van der Waals surface area contributed by atoms with Gasteiger partial charge in [0, 0.05) is 12.4 Å². The van der Waals surface area contributed by atoms with Crippen molar-refractivity contribution in [3.05, 3.63) is 35.4 Å². The lowest BCUT2D eigenvalue weighted by Gasteiger charge is -2.31. The molecule has 1 aromatic carbocycles. The summed E-state index contributed by atoms with van der Waals surface area (Å²) in [7, 11) is 0. The van der Waals surface area contributed by atoms with E-state index in [-0.39, 0.29) is 5.41 Å². The highest BCUT2D eigenvalue weighted by atomic mass is 35.5. The third kappa shape index (κ3) is 4.22. The van der Waals surface area contributed by atoms with Gasteiger partial charge in [0.25, 0.3) is 0 Å². The first-order valence-corrected chi connectivity index (χ1v) is 7.90. The average molecular weight is 280 g/mol. The van der Waals surface area contributed by atoms with Crippen LogP contribution in [-0.2, 0) is 12.0 Å². The van der Waals surface area contributed by atoms with Crippen LogP contribution in [0.1, 0.15) is 44.7 Å². The number of piperidine rings is 1. The summed E-state index contributed by atoms with van der Waals surface area (Å²) in [4.78, 5) is 2.55. The summed E-state index contributed by atoms with van der Waals surface area (Å²) in [5, 5.41) is 0. The van der Waals surface area contributed by atoms with E-state index in [9.17, 15) is 0 Å². The number of nitrogens with zero attached hydrogens (tertiary/aromatic N) is 1. The van der Waals surface area contributed by atoms with Crippen LogP contribution in [-0.4, -0.2) is 23.9 Å². The van der Waals surface area contributed by atoms with Crippen LogP contribution in [0.3, 0.4) is 0 Å². The molecule has 2 heteroatoms. The van der Waals surface area contributed by atoms with E-state index >= 15 is 0 Å². The SMILES string of the molecule is CC(C)(C)c1ccc(CN2CCC(CCl)CC2)cc1. The molecule has 19 heavy (non-hydrogen) atoms. The molecule has 1 fully saturated rings. The van der Waals surface area contributed by atoms with Gasteiger partial charge in [-0.05, 0) is 48.4 Å². The van der Waals surface area contributed by atoms with Crippen LogP contribution in [0.25, 0.3) is 0 Å². The quantitative estimate of drug-likeness (QED) is 0.740. The molecule has 0 aromatic heterocycles. The standard InChI is InChI=1S/C17H26ClN/c1-17(2,3)16-6-4-15(5-7-16)13-19-10-8-14(12-18)9-11-19/h4-7,14H,8-13H2,1-3H3. The van der Waals surface area contributed by atoms with Crippen LogP contribution < -0.4 is 0 Å². The molecule has 0 atom stereocenters. The zero-order chi connectivity index (χ0) is 13.9. The summed E-state index contributed by atoms with van der Waals surface area (Å²) in [6, 6.07) is 9.13. The first-order valence-electron chi connectivity index (χ1n) is 7.37. The molecule has 0 aliphatic carbocycles. The molecular weight excluding hydrogens is 254 g/mol. The lowest BCUT2D eigenvalue weighted by molar-refractivity contribution is 0.186. The van der Waals surface area contributed by atoms with E-state index in [1.165, 1.54) is 37.1 Å². The summed E-state index contributed by atoms with van der Waals surface area (Å²) in [5.74, 6) is 1.56. The van der Waals surface area contributed by atoms with Crippen LogP contribution in [0.4, 0.5) is 0 Å². The lowest BCUT2D eigenvalue weighted by Crippen LogP contribution is -2.33. The number of rotatable bonds is 3. The fourth-order valence-corrected chi connectivity index (χ4v) is 2.98. The summed E-state index contributed by atoms with van der Waals surface area (Å²) in [6.45, 7) is 10.3. The van der Waals surface area contributed by atoms with E-state index in [0.717, 1.165) is 18.3 Å². The lowest BCUT2D eigenvalue weighted by atomic mass is 9.86. The van der Waals surface area contributed by atoms with Gasteiger partial charge in [0.2, 0.25) is 0 Å². The average Bonchev–Trinajstić information content (AvgIpc) is 2.39. The molecule has 1 heterocycles. The molecule has 0 saturated carbocycles. The number of likely N-dealkylation sites (tertiary alicyclic amines) is 1. The van der Waals surface area contributed by atoms with E-state index < -0.39 is 0 Å². The van der Waals surface area contributed by atoms with Crippen molar-refractivity contribution in [3.63, 3.8) is 0 Å². The maximum atomic E-state index is 5.93. The van der Waals surface area contributed by atoms with Crippen molar-refractivity contribution < 1.29 is 0 Å². The minimum absolute atomic E-state index is 0.247. The summed E-state index contributed by atoms with van der Waals surface area (Å²) >= 11 is 5.93. The van der Waals surface area contributed by atoms with Gasteiger partial charge in [-0.25, -0.2) is 0 Å². The summed E-state index contributed by atoms with van der Waals surface area (Å²) in [6.07, 6.45) is 2.51. The highest BCUT2D eigenvalue weighted by molar-refractivity contribution is 6.18. The monoisotopic (exact) mass is 279 g/mol. The maximum absolute atomic E-state index is 5.93. The van der Waals surface area contributed by atoms with E-state index in [4.69, 9.17) is 11.6 Å². The second-order valence-electron chi connectivity index (χ2n) is 6.82. The van der Waals surface area contributed by atoms with Crippen LogP contribution in [0.5, 0.6) is 0 Å². The van der Waals surface area contributed by atoms with Crippen molar-refractivity contribution in [2.45, 2.75) is 45.6 Å². The van der Waals surface area contributed by atoms with Gasteiger partial charge in [-0.15, -0.1) is 11.6 Å². The van der Waals surface area contributed by atoms with Gasteiger partial charge in [-0.2, -0.15) is 0 Å². The number of halogens is 1. The Morgan fingerprint density at radius 2 is 1.68 bits per heavy atom. The van der Waals surface area contributed by atoms with Gasteiger partial charge in [0.1, 0.15) is 0 Å². The first-order chi connectivity index (χ1) is 8.99. The van der Waals surface area contributed by atoms with Crippen molar-refractivity contribution in [2.24, 2.45) is 5.92 Å². The normalized spacial score (nSPS) is 18.7. The molecule has 2 rings (SSSR count). The zero-order valence-corrected chi connectivity index (χ0v) is 13.2. The molecule has 1 nitrogen and oxygen atoms in total. The minimum Gasteiger partial charge on any atom is -0.299 e. The van der Waals surface area contributed by atoms with Gasteiger partial charge in [0.15, 0.2) is 0 Å². The highest BCUT2D eigenvalue weighted by Crippen LogP contribution is 2.24. The summed E-state index contributed by atoms with van der Waals surface area (Å²) < 4.78 is 0. The molecule has 0 unspecified atom stereocenters. The molecule has 0 amide bonds. The van der Waals surface area contributed by atoms with E-state index in [1.54, 1.807) is 0 Å². The minimum atomic E-state index is 0.247. The largest absolute Gasteiger partial charge is 0.299 e. The topological polar surface area (TPSA) is 3.24 Å². The Balaban J connectivity index is 1.90. The van der Waals surface area contributed by atoms with Crippen molar-refractivity contribution in [1.29, 1.82) is 0 Å². The van der Waals surface area contributed by atoms with Gasteiger partial charge in [0.05, 0.1) is 0 Å². The molecule has 0 N–H and O–H groups in total. The second-order valence-corrected chi connectivity index (χ2v) is 7.13. The Morgan fingerprint density at radius 3 is 2.16 bits per heavy atom. The Bertz CT molecular complexity index is 383. The predicted octanol–water partition coefficient (Wildman–Crippen LogP) is 4.43. The Labute approximate surface area is 123 Å². The molecule has 0 bridgehead atoms. The fourth-order valence-electron chi connectivity index (χ4n) is 2.67. The van der Waals surface area contributed by atoms with Gasteiger partial charge in [-0.1, -0.05) is 45.0 Å². The van der Waals surface area contributed by atoms with Gasteiger partial charge >= 0.3 is 0 Å². The molecule has 0 radical (unpaired) electrons. The van der Waals surface area contributed by atoms with Gasteiger partial charge < -0.3 is 0 Å². The van der Waals surface area contributed by atoms with E-state index in [1.807, 2.05) is 0 Å². The first kappa shape index (κ1) is 14.9. The number of benzene rings is 1. The van der Waals surface area contributed by atoms with Crippen molar-refractivity contribution in [1.82, 2.24) is 4.90 Å². The van der Waals surface area contributed by atoms with E-state index in [0.29, 0.717) is 0 Å². The molecule has 1 saturated heterocycles. The van der Waals surface area contributed by atoms with E-state index in [2.05, 4.69) is 49.9 Å². The molecule has 1 aliphatic heterocycles. The van der Waals surface area contributed by atoms with Crippen LogP contribution >= 0.6 is 11.6 Å². The van der Waals surface area contributed by atoms with Crippen LogP contribution in [0.15, 0.2) is 24.3 Å². The third-order valence-electron chi connectivity index (χ3n) is 4.15. The molecule has 1 aromatic rings. The molecule has 106 valence electrons. The number of hydrogen-bond acceptors (Lipinski definition) is 1. The maximum Gasteiger partial charge on any atom is 0.0252 e. The zero-order valence-electron chi connectivity index (χ0n) is 12.5. The smallest absolute Gasteiger partial charge is 0.0252 e. The Kier molecular flexibility index (Phi) is 4.92. The molecule has 0 spiro atoms. The Morgan fingerprint density at radius 1 is 1.11 bits per heavy atom.